The molecule has 1 amide bonds. The van der Waals surface area contributed by atoms with Gasteiger partial charge in [-0.2, -0.15) is 0 Å². The number of carbonyl (C=O) groups excluding carboxylic acids is 1. The molecule has 25 heavy (non-hydrogen) atoms. The number of imidazole rings is 1. The first kappa shape index (κ1) is 15.8. The van der Waals surface area contributed by atoms with Crippen molar-refractivity contribution in [3.05, 3.63) is 64.5 Å². The summed E-state index contributed by atoms with van der Waals surface area (Å²) in [6.07, 6.45) is 0.657. The second kappa shape index (κ2) is 6.01. The van der Waals surface area contributed by atoms with Gasteiger partial charge >= 0.3 is 0 Å². The van der Waals surface area contributed by atoms with Crippen LogP contribution in [0.2, 0.25) is 0 Å². The van der Waals surface area contributed by atoms with Gasteiger partial charge in [0.15, 0.2) is 0 Å². The molecule has 0 saturated heterocycles. The van der Waals surface area contributed by atoms with Crippen LogP contribution in [0.4, 0.5) is 0 Å². The van der Waals surface area contributed by atoms with Crippen molar-refractivity contribution in [2.24, 2.45) is 5.73 Å². The third-order valence-corrected chi connectivity index (χ3v) is 5.25. The molecule has 3 N–H and O–H groups in total. The molecule has 0 saturated carbocycles. The number of nitrogens with zero attached hydrogens (tertiary/aromatic N) is 2. The molecular formula is C20H22N4O. The summed E-state index contributed by atoms with van der Waals surface area (Å²) in [4.78, 5) is 22.3. The molecule has 5 heteroatoms. The molecule has 5 nitrogen and oxygen atoms in total. The maximum atomic E-state index is 12.0. The van der Waals surface area contributed by atoms with Crippen molar-refractivity contribution < 1.29 is 4.79 Å². The molecule has 0 fully saturated rings. The highest BCUT2D eigenvalue weighted by Crippen LogP contribution is 2.26. The zero-order valence-electron chi connectivity index (χ0n) is 14.5. The Morgan fingerprint density at radius 3 is 2.76 bits per heavy atom. The number of rotatable bonds is 3. The SMILES string of the molecule is Cc1ccc2[nH]c(CN3Cc4ccccc4C[C@@H]3C(N)=O)nc2c1C. The fourth-order valence-electron chi connectivity index (χ4n) is 3.66. The monoisotopic (exact) mass is 334 g/mol. The van der Waals surface area contributed by atoms with Crippen molar-refractivity contribution in [1.29, 1.82) is 0 Å². The number of carbonyl (C=O) groups is 1. The van der Waals surface area contributed by atoms with Crippen LogP contribution in [0.25, 0.3) is 11.0 Å². The minimum absolute atomic E-state index is 0.280. The van der Waals surface area contributed by atoms with Crippen LogP contribution < -0.4 is 5.73 Å². The lowest BCUT2D eigenvalue weighted by atomic mass is 9.93. The number of aromatic nitrogens is 2. The van der Waals surface area contributed by atoms with Gasteiger partial charge in [0.05, 0.1) is 23.6 Å². The number of aryl methyl sites for hydroxylation is 2. The Kier molecular flexibility index (Phi) is 3.81. The number of primary amides is 1. The third kappa shape index (κ3) is 2.81. The minimum Gasteiger partial charge on any atom is -0.368 e. The van der Waals surface area contributed by atoms with Crippen molar-refractivity contribution in [2.45, 2.75) is 39.4 Å². The van der Waals surface area contributed by atoms with Gasteiger partial charge in [-0.25, -0.2) is 4.98 Å². The van der Waals surface area contributed by atoms with Gasteiger partial charge in [0.2, 0.25) is 5.91 Å². The van der Waals surface area contributed by atoms with Crippen LogP contribution >= 0.6 is 0 Å². The summed E-state index contributed by atoms with van der Waals surface area (Å²) in [5, 5.41) is 0. The van der Waals surface area contributed by atoms with Crippen LogP contribution in [0.1, 0.15) is 28.1 Å². The average molecular weight is 334 g/mol. The number of H-pyrrole nitrogens is 1. The second-order valence-corrected chi connectivity index (χ2v) is 6.88. The molecule has 2 aromatic carbocycles. The van der Waals surface area contributed by atoms with E-state index in [9.17, 15) is 4.79 Å². The molecule has 0 radical (unpaired) electrons. The number of hydrogen-bond acceptors (Lipinski definition) is 3. The van der Waals surface area contributed by atoms with Crippen LogP contribution in [-0.2, 0) is 24.3 Å². The smallest absolute Gasteiger partial charge is 0.235 e. The van der Waals surface area contributed by atoms with Gasteiger partial charge in [0.25, 0.3) is 0 Å². The van der Waals surface area contributed by atoms with E-state index in [1.165, 1.54) is 22.3 Å². The van der Waals surface area contributed by atoms with E-state index >= 15 is 0 Å². The highest BCUT2D eigenvalue weighted by atomic mass is 16.1. The Morgan fingerprint density at radius 2 is 2.00 bits per heavy atom. The number of amides is 1. The minimum atomic E-state index is -0.300. The van der Waals surface area contributed by atoms with Gasteiger partial charge in [0, 0.05) is 6.54 Å². The largest absolute Gasteiger partial charge is 0.368 e. The van der Waals surface area contributed by atoms with Gasteiger partial charge < -0.3 is 10.7 Å². The Labute approximate surface area is 146 Å². The molecule has 2 heterocycles. The zero-order valence-corrected chi connectivity index (χ0v) is 14.5. The molecule has 1 aromatic heterocycles. The summed E-state index contributed by atoms with van der Waals surface area (Å²) in [6.45, 7) is 5.47. The highest BCUT2D eigenvalue weighted by Gasteiger charge is 2.30. The van der Waals surface area contributed by atoms with Crippen LogP contribution in [0, 0.1) is 13.8 Å². The summed E-state index contributed by atoms with van der Waals surface area (Å²) in [5.41, 5.74) is 12.6. The van der Waals surface area contributed by atoms with Crippen molar-refractivity contribution in [3.8, 4) is 0 Å². The predicted octanol–water partition coefficient (Wildman–Crippen LogP) is 2.59. The molecule has 4 rings (SSSR count). The van der Waals surface area contributed by atoms with E-state index in [1.807, 2.05) is 12.1 Å². The molecular weight excluding hydrogens is 312 g/mol. The standard InChI is InChI=1S/C20H22N4O/c1-12-7-8-16-19(13(12)2)23-18(22-16)11-24-10-15-6-4-3-5-14(15)9-17(24)20(21)25/h3-8,17H,9-11H2,1-2H3,(H2,21,25)(H,22,23)/t17-/m1/s1. The zero-order chi connectivity index (χ0) is 17.6. The van der Waals surface area contributed by atoms with Gasteiger partial charge in [-0.15, -0.1) is 0 Å². The maximum Gasteiger partial charge on any atom is 0.235 e. The molecule has 128 valence electrons. The highest BCUT2D eigenvalue weighted by molar-refractivity contribution is 5.81. The van der Waals surface area contributed by atoms with E-state index in [0.717, 1.165) is 16.9 Å². The molecule has 0 unspecified atom stereocenters. The van der Waals surface area contributed by atoms with Crippen molar-refractivity contribution >= 4 is 16.9 Å². The van der Waals surface area contributed by atoms with Crippen LogP contribution in [0.3, 0.4) is 0 Å². The molecule has 1 aliphatic rings. The molecule has 1 atom stereocenters. The van der Waals surface area contributed by atoms with Gasteiger partial charge in [-0.1, -0.05) is 30.3 Å². The number of benzene rings is 2. The summed E-state index contributed by atoms with van der Waals surface area (Å²) in [6, 6.07) is 12.1. The Morgan fingerprint density at radius 1 is 1.24 bits per heavy atom. The second-order valence-electron chi connectivity index (χ2n) is 6.88. The molecule has 0 bridgehead atoms. The van der Waals surface area contributed by atoms with E-state index in [2.05, 4.69) is 48.0 Å². The Hall–Kier alpha value is -2.66. The van der Waals surface area contributed by atoms with E-state index in [1.54, 1.807) is 0 Å². The Balaban J connectivity index is 1.67. The first-order chi connectivity index (χ1) is 12.0. The Bertz CT molecular complexity index is 959. The molecule has 0 aliphatic carbocycles. The van der Waals surface area contributed by atoms with Crippen molar-refractivity contribution in [2.75, 3.05) is 0 Å². The van der Waals surface area contributed by atoms with Gasteiger partial charge in [0.1, 0.15) is 5.82 Å². The molecule has 1 aliphatic heterocycles. The maximum absolute atomic E-state index is 12.0. The topological polar surface area (TPSA) is 75.0 Å². The lowest BCUT2D eigenvalue weighted by Crippen LogP contribution is -2.48. The summed E-state index contributed by atoms with van der Waals surface area (Å²) >= 11 is 0. The van der Waals surface area contributed by atoms with Crippen LogP contribution in [-0.4, -0.2) is 26.8 Å². The average Bonchev–Trinajstić information content (AvgIpc) is 3.01. The predicted molar refractivity (Wildman–Crippen MR) is 97.9 cm³/mol. The first-order valence-corrected chi connectivity index (χ1v) is 8.58. The van der Waals surface area contributed by atoms with E-state index < -0.39 is 0 Å². The van der Waals surface area contributed by atoms with Gasteiger partial charge in [-0.3, -0.25) is 9.69 Å². The quantitative estimate of drug-likeness (QED) is 0.773. The van der Waals surface area contributed by atoms with Crippen LogP contribution in [0.5, 0.6) is 0 Å². The fourth-order valence-corrected chi connectivity index (χ4v) is 3.66. The fraction of sp³-hybridized carbons (Fsp3) is 0.300. The van der Waals surface area contributed by atoms with E-state index in [4.69, 9.17) is 10.7 Å². The normalized spacial score (nSPS) is 17.6. The number of hydrogen-bond donors (Lipinski definition) is 2. The van der Waals surface area contributed by atoms with Crippen LogP contribution in [0.15, 0.2) is 36.4 Å². The van der Waals surface area contributed by atoms with Crippen molar-refractivity contribution in [3.63, 3.8) is 0 Å². The molecule has 0 spiro atoms. The number of nitrogens with two attached hydrogens (primary N) is 1. The lowest BCUT2D eigenvalue weighted by Gasteiger charge is -2.34. The lowest BCUT2D eigenvalue weighted by molar-refractivity contribution is -0.124. The summed E-state index contributed by atoms with van der Waals surface area (Å²) in [5.74, 6) is 0.590. The van der Waals surface area contributed by atoms with Crippen molar-refractivity contribution in [1.82, 2.24) is 14.9 Å². The number of nitrogens with one attached hydrogen (secondary N) is 1. The third-order valence-electron chi connectivity index (χ3n) is 5.25. The molecule has 3 aromatic rings. The number of fused-ring (bicyclic) bond motifs is 2. The van der Waals surface area contributed by atoms with E-state index in [0.29, 0.717) is 19.5 Å². The van der Waals surface area contributed by atoms with Gasteiger partial charge in [-0.05, 0) is 48.6 Å². The summed E-state index contributed by atoms with van der Waals surface area (Å²) < 4.78 is 0. The van der Waals surface area contributed by atoms with E-state index in [-0.39, 0.29) is 11.9 Å². The first-order valence-electron chi connectivity index (χ1n) is 8.58. The number of aromatic amines is 1. The summed E-state index contributed by atoms with van der Waals surface area (Å²) in [7, 11) is 0.